The van der Waals surface area contributed by atoms with Crippen LogP contribution in [0.1, 0.15) is 11.3 Å². The number of alkyl halides is 6. The molecule has 0 fully saturated rings. The summed E-state index contributed by atoms with van der Waals surface area (Å²) in [6.45, 7) is 0.0784. The van der Waals surface area contributed by atoms with Crippen molar-refractivity contribution < 1.29 is 26.3 Å². The number of rotatable bonds is 1. The Labute approximate surface area is 130 Å². The Hall–Kier alpha value is -2.45. The van der Waals surface area contributed by atoms with Gasteiger partial charge in [-0.25, -0.2) is 0 Å². The molecule has 128 valence electrons. The summed E-state index contributed by atoms with van der Waals surface area (Å²) < 4.78 is 78.8. The standard InChI is InChI=1S/C15H10F6N2O/c1-7-4-8-11(23(7)6-14(16,17)18)3-2-10-13(8)9(15(19,20)21)5-12(24)22-10/h2-5H,6H2,1H3,(H,22,24). The Morgan fingerprint density at radius 3 is 2.33 bits per heavy atom. The third-order valence-corrected chi connectivity index (χ3v) is 3.74. The Kier molecular flexibility index (Phi) is 3.43. The van der Waals surface area contributed by atoms with Gasteiger partial charge in [0, 0.05) is 33.6 Å². The number of H-pyrrole nitrogens is 1. The van der Waals surface area contributed by atoms with Crippen molar-refractivity contribution in [1.82, 2.24) is 9.55 Å². The van der Waals surface area contributed by atoms with E-state index in [0.717, 1.165) is 4.57 Å². The highest BCUT2D eigenvalue weighted by atomic mass is 19.4. The van der Waals surface area contributed by atoms with E-state index < -0.39 is 30.0 Å². The highest BCUT2D eigenvalue weighted by molar-refractivity contribution is 6.07. The van der Waals surface area contributed by atoms with E-state index in [1.165, 1.54) is 25.1 Å². The molecule has 9 heteroatoms. The van der Waals surface area contributed by atoms with Crippen molar-refractivity contribution >= 4 is 21.8 Å². The van der Waals surface area contributed by atoms with E-state index in [-0.39, 0.29) is 27.5 Å². The molecule has 1 aromatic carbocycles. The van der Waals surface area contributed by atoms with Crippen LogP contribution in [0, 0.1) is 6.92 Å². The second kappa shape index (κ2) is 5.02. The number of aromatic nitrogens is 2. The molecular weight excluding hydrogens is 338 g/mol. The van der Waals surface area contributed by atoms with Crippen LogP contribution < -0.4 is 5.56 Å². The number of nitrogens with one attached hydrogen (secondary N) is 1. The van der Waals surface area contributed by atoms with Crippen molar-refractivity contribution in [1.29, 1.82) is 0 Å². The number of fused-ring (bicyclic) bond motifs is 3. The highest BCUT2D eigenvalue weighted by Gasteiger charge is 2.35. The lowest BCUT2D eigenvalue weighted by molar-refractivity contribution is -0.140. The quantitative estimate of drug-likeness (QED) is 0.652. The molecular formula is C15H10F6N2O. The van der Waals surface area contributed by atoms with Crippen LogP contribution in [0.2, 0.25) is 0 Å². The largest absolute Gasteiger partial charge is 0.417 e. The van der Waals surface area contributed by atoms with Crippen molar-refractivity contribution in [3.05, 3.63) is 45.9 Å². The minimum absolute atomic E-state index is 0.0119. The molecule has 2 heterocycles. The summed E-state index contributed by atoms with van der Waals surface area (Å²) in [6, 6.07) is 4.13. The molecule has 0 aliphatic carbocycles. The van der Waals surface area contributed by atoms with Gasteiger partial charge in [0.2, 0.25) is 5.56 Å². The summed E-state index contributed by atoms with van der Waals surface area (Å²) in [7, 11) is 0. The fraction of sp³-hybridized carbons (Fsp3) is 0.267. The van der Waals surface area contributed by atoms with Crippen molar-refractivity contribution in [2.45, 2.75) is 25.8 Å². The Morgan fingerprint density at radius 1 is 1.08 bits per heavy atom. The fourth-order valence-corrected chi connectivity index (χ4v) is 2.85. The average molecular weight is 348 g/mol. The lowest BCUT2D eigenvalue weighted by atomic mass is 10.0. The summed E-state index contributed by atoms with van der Waals surface area (Å²) in [5.41, 5.74) is -1.98. The molecule has 3 rings (SSSR count). The van der Waals surface area contributed by atoms with Gasteiger partial charge in [0.05, 0.1) is 5.56 Å². The van der Waals surface area contributed by atoms with Crippen LogP contribution in [0.4, 0.5) is 26.3 Å². The predicted molar refractivity (Wildman–Crippen MR) is 75.9 cm³/mol. The van der Waals surface area contributed by atoms with E-state index in [1.807, 2.05) is 0 Å². The molecule has 1 N–H and O–H groups in total. The van der Waals surface area contributed by atoms with Gasteiger partial charge < -0.3 is 9.55 Å². The number of halogens is 6. The summed E-state index contributed by atoms with van der Waals surface area (Å²) in [6.07, 6.45) is -9.32. The molecule has 0 amide bonds. The normalized spacial score (nSPS) is 13.1. The van der Waals surface area contributed by atoms with Crippen molar-refractivity contribution in [3.8, 4) is 0 Å². The zero-order chi connectivity index (χ0) is 17.9. The van der Waals surface area contributed by atoms with Crippen molar-refractivity contribution in [2.24, 2.45) is 0 Å². The molecule has 0 saturated carbocycles. The molecule has 3 nitrogen and oxygen atoms in total. The molecule has 0 radical (unpaired) electrons. The van der Waals surface area contributed by atoms with Gasteiger partial charge in [-0.3, -0.25) is 4.79 Å². The van der Waals surface area contributed by atoms with Gasteiger partial charge in [0.25, 0.3) is 0 Å². The van der Waals surface area contributed by atoms with Gasteiger partial charge in [-0.15, -0.1) is 0 Å². The Morgan fingerprint density at radius 2 is 1.75 bits per heavy atom. The summed E-state index contributed by atoms with van der Waals surface area (Å²) >= 11 is 0. The van der Waals surface area contributed by atoms with E-state index in [0.29, 0.717) is 6.07 Å². The third kappa shape index (κ3) is 2.74. The third-order valence-electron chi connectivity index (χ3n) is 3.74. The van der Waals surface area contributed by atoms with Gasteiger partial charge in [-0.2, -0.15) is 26.3 Å². The monoisotopic (exact) mass is 348 g/mol. The molecule has 2 aromatic heterocycles. The van der Waals surface area contributed by atoms with Crippen LogP contribution in [0.3, 0.4) is 0 Å². The van der Waals surface area contributed by atoms with Gasteiger partial charge in [0.1, 0.15) is 6.54 Å². The van der Waals surface area contributed by atoms with E-state index in [4.69, 9.17) is 0 Å². The summed E-state index contributed by atoms with van der Waals surface area (Å²) in [4.78, 5) is 13.7. The molecule has 0 unspecified atom stereocenters. The topological polar surface area (TPSA) is 37.8 Å². The first-order valence-corrected chi connectivity index (χ1v) is 6.77. The van der Waals surface area contributed by atoms with Crippen LogP contribution >= 0.6 is 0 Å². The van der Waals surface area contributed by atoms with Crippen LogP contribution in [-0.2, 0) is 12.7 Å². The van der Waals surface area contributed by atoms with E-state index in [2.05, 4.69) is 4.98 Å². The van der Waals surface area contributed by atoms with Crippen LogP contribution in [-0.4, -0.2) is 15.7 Å². The fourth-order valence-electron chi connectivity index (χ4n) is 2.85. The van der Waals surface area contributed by atoms with Gasteiger partial charge in [0.15, 0.2) is 0 Å². The first-order valence-electron chi connectivity index (χ1n) is 6.77. The van der Waals surface area contributed by atoms with E-state index in [9.17, 15) is 31.1 Å². The second-order valence-electron chi connectivity index (χ2n) is 5.45. The van der Waals surface area contributed by atoms with Crippen LogP contribution in [0.25, 0.3) is 21.8 Å². The number of aryl methyl sites for hydroxylation is 1. The lowest BCUT2D eigenvalue weighted by Gasteiger charge is -2.13. The van der Waals surface area contributed by atoms with E-state index in [1.54, 1.807) is 0 Å². The predicted octanol–water partition coefficient (Wildman–Crippen LogP) is 4.37. The lowest BCUT2D eigenvalue weighted by Crippen LogP contribution is -2.18. The van der Waals surface area contributed by atoms with Crippen molar-refractivity contribution in [3.63, 3.8) is 0 Å². The Balaban J connectivity index is 2.44. The summed E-state index contributed by atoms with van der Waals surface area (Å²) in [5.74, 6) is 0. The number of aromatic amines is 1. The zero-order valence-corrected chi connectivity index (χ0v) is 12.1. The smallest absolute Gasteiger partial charge is 0.336 e. The average Bonchev–Trinajstić information content (AvgIpc) is 2.71. The number of hydrogen-bond acceptors (Lipinski definition) is 1. The molecule has 0 atom stereocenters. The van der Waals surface area contributed by atoms with Gasteiger partial charge in [-0.1, -0.05) is 0 Å². The van der Waals surface area contributed by atoms with Crippen LogP contribution in [0.15, 0.2) is 29.1 Å². The molecule has 3 aromatic rings. The van der Waals surface area contributed by atoms with Gasteiger partial charge >= 0.3 is 12.4 Å². The number of pyridine rings is 1. The maximum atomic E-state index is 13.3. The Bertz CT molecular complexity index is 994. The second-order valence-corrected chi connectivity index (χ2v) is 5.45. The molecule has 0 aliphatic rings. The van der Waals surface area contributed by atoms with Gasteiger partial charge in [-0.05, 0) is 25.1 Å². The molecule has 0 saturated heterocycles. The minimum atomic E-state index is -4.80. The number of benzene rings is 1. The van der Waals surface area contributed by atoms with E-state index >= 15 is 0 Å². The summed E-state index contributed by atoms with van der Waals surface area (Å²) in [5, 5.41) is -0.304. The maximum absolute atomic E-state index is 13.3. The SMILES string of the molecule is Cc1cc2c3c(C(F)(F)F)cc(=O)[nH]c3ccc2n1CC(F)(F)F. The molecule has 24 heavy (non-hydrogen) atoms. The number of nitrogens with zero attached hydrogens (tertiary/aromatic N) is 1. The first kappa shape index (κ1) is 16.4. The zero-order valence-electron chi connectivity index (χ0n) is 12.1. The van der Waals surface area contributed by atoms with Crippen molar-refractivity contribution in [2.75, 3.05) is 0 Å². The first-order chi connectivity index (χ1) is 11.0. The number of hydrogen-bond donors (Lipinski definition) is 1. The molecule has 0 bridgehead atoms. The highest BCUT2D eigenvalue weighted by Crippen LogP contribution is 2.38. The maximum Gasteiger partial charge on any atom is 0.417 e. The molecule has 0 aliphatic heterocycles. The minimum Gasteiger partial charge on any atom is -0.336 e. The molecule has 0 spiro atoms. The van der Waals surface area contributed by atoms with Crippen LogP contribution in [0.5, 0.6) is 0 Å².